The van der Waals surface area contributed by atoms with Crippen LogP contribution in [0.1, 0.15) is 27.5 Å². The summed E-state index contributed by atoms with van der Waals surface area (Å²) in [4.78, 5) is 12.6. The Morgan fingerprint density at radius 1 is 1.35 bits per heavy atom. The SMILES string of the molecule is Cc1cc(C(=O)NC(CO)c2ccc(Br)cc2)c2[nH]ncc2c1. The number of carbonyl (C=O) groups excluding carboxylic acids is 1. The van der Waals surface area contributed by atoms with Gasteiger partial charge in [0.25, 0.3) is 5.91 Å². The molecule has 1 unspecified atom stereocenters. The number of hydrogen-bond donors (Lipinski definition) is 3. The van der Waals surface area contributed by atoms with Crippen molar-refractivity contribution in [2.24, 2.45) is 0 Å². The Kier molecular flexibility index (Phi) is 4.45. The standard InChI is InChI=1S/C17H16BrN3O2/c1-10-6-12-8-19-21-16(12)14(7-10)17(23)20-15(9-22)11-2-4-13(18)5-3-11/h2-8,15,22H,9H2,1H3,(H,19,21)(H,20,23). The molecular weight excluding hydrogens is 358 g/mol. The molecule has 0 radical (unpaired) electrons. The molecule has 2 aromatic carbocycles. The van der Waals surface area contributed by atoms with Gasteiger partial charge in [-0.05, 0) is 42.3 Å². The number of H-pyrrole nitrogens is 1. The maximum atomic E-state index is 12.6. The lowest BCUT2D eigenvalue weighted by Crippen LogP contribution is -2.31. The average molecular weight is 374 g/mol. The molecule has 0 saturated carbocycles. The van der Waals surface area contributed by atoms with E-state index in [1.165, 1.54) is 0 Å². The molecule has 1 atom stereocenters. The minimum atomic E-state index is -0.464. The third kappa shape index (κ3) is 3.28. The Bertz CT molecular complexity index is 843. The number of nitrogens with zero attached hydrogens (tertiary/aromatic N) is 1. The van der Waals surface area contributed by atoms with E-state index in [0.717, 1.165) is 21.0 Å². The summed E-state index contributed by atoms with van der Waals surface area (Å²) in [5, 5.41) is 20.2. The number of amides is 1. The van der Waals surface area contributed by atoms with Gasteiger partial charge in [-0.25, -0.2) is 0 Å². The van der Waals surface area contributed by atoms with Crippen LogP contribution in [0.15, 0.2) is 47.1 Å². The summed E-state index contributed by atoms with van der Waals surface area (Å²) >= 11 is 3.37. The zero-order chi connectivity index (χ0) is 16.4. The number of hydrogen-bond acceptors (Lipinski definition) is 3. The normalized spacial score (nSPS) is 12.3. The summed E-state index contributed by atoms with van der Waals surface area (Å²) in [7, 11) is 0. The number of benzene rings is 2. The van der Waals surface area contributed by atoms with E-state index in [1.807, 2.05) is 43.3 Å². The van der Waals surface area contributed by atoms with Crippen molar-refractivity contribution in [3.8, 4) is 0 Å². The van der Waals surface area contributed by atoms with E-state index in [1.54, 1.807) is 6.20 Å². The van der Waals surface area contributed by atoms with Crippen molar-refractivity contribution in [3.63, 3.8) is 0 Å². The van der Waals surface area contributed by atoms with Gasteiger partial charge in [0, 0.05) is 9.86 Å². The summed E-state index contributed by atoms with van der Waals surface area (Å²) in [5.74, 6) is -0.245. The number of aliphatic hydroxyl groups is 1. The van der Waals surface area contributed by atoms with Crippen LogP contribution in [0.4, 0.5) is 0 Å². The van der Waals surface area contributed by atoms with E-state index >= 15 is 0 Å². The highest BCUT2D eigenvalue weighted by Gasteiger charge is 2.18. The van der Waals surface area contributed by atoms with Crippen LogP contribution in [-0.2, 0) is 0 Å². The fourth-order valence-corrected chi connectivity index (χ4v) is 2.82. The number of rotatable bonds is 4. The number of carbonyl (C=O) groups is 1. The highest BCUT2D eigenvalue weighted by molar-refractivity contribution is 9.10. The van der Waals surface area contributed by atoms with Crippen LogP contribution in [0.5, 0.6) is 0 Å². The van der Waals surface area contributed by atoms with E-state index < -0.39 is 6.04 Å². The van der Waals surface area contributed by atoms with Crippen molar-refractivity contribution in [1.82, 2.24) is 15.5 Å². The number of aromatic nitrogens is 2. The van der Waals surface area contributed by atoms with Crippen LogP contribution in [0, 0.1) is 6.92 Å². The van der Waals surface area contributed by atoms with E-state index in [-0.39, 0.29) is 12.5 Å². The summed E-state index contributed by atoms with van der Waals surface area (Å²) in [6.45, 7) is 1.76. The first kappa shape index (κ1) is 15.7. The molecule has 118 valence electrons. The molecule has 3 aromatic rings. The number of halogens is 1. The van der Waals surface area contributed by atoms with Crippen LogP contribution in [-0.4, -0.2) is 27.8 Å². The summed E-state index contributed by atoms with van der Waals surface area (Å²) in [6.07, 6.45) is 1.69. The van der Waals surface area contributed by atoms with Crippen molar-refractivity contribution in [2.75, 3.05) is 6.61 Å². The van der Waals surface area contributed by atoms with Gasteiger partial charge in [-0.2, -0.15) is 5.10 Å². The predicted octanol–water partition coefficient (Wildman–Crippen LogP) is 3.10. The second kappa shape index (κ2) is 6.52. The van der Waals surface area contributed by atoms with Crippen molar-refractivity contribution >= 4 is 32.7 Å². The van der Waals surface area contributed by atoms with Crippen molar-refractivity contribution in [2.45, 2.75) is 13.0 Å². The Balaban J connectivity index is 1.89. The van der Waals surface area contributed by atoms with Crippen molar-refractivity contribution < 1.29 is 9.90 Å². The molecular formula is C17H16BrN3O2. The molecule has 3 rings (SSSR count). The Labute approximate surface area is 141 Å². The van der Waals surface area contributed by atoms with Crippen LogP contribution in [0.2, 0.25) is 0 Å². The molecule has 3 N–H and O–H groups in total. The minimum absolute atomic E-state index is 0.175. The first-order chi connectivity index (χ1) is 11.1. The summed E-state index contributed by atoms with van der Waals surface area (Å²) in [5.41, 5.74) is 3.04. The van der Waals surface area contributed by atoms with Crippen LogP contribution in [0.25, 0.3) is 10.9 Å². The maximum absolute atomic E-state index is 12.6. The van der Waals surface area contributed by atoms with Gasteiger partial charge in [-0.1, -0.05) is 28.1 Å². The van der Waals surface area contributed by atoms with Crippen molar-refractivity contribution in [3.05, 3.63) is 63.8 Å². The lowest BCUT2D eigenvalue weighted by Gasteiger charge is -2.17. The smallest absolute Gasteiger partial charge is 0.254 e. The molecule has 0 spiro atoms. The number of fused-ring (bicyclic) bond motifs is 1. The topological polar surface area (TPSA) is 78.0 Å². The average Bonchev–Trinajstić information content (AvgIpc) is 3.00. The largest absolute Gasteiger partial charge is 0.394 e. The van der Waals surface area contributed by atoms with Gasteiger partial charge >= 0.3 is 0 Å². The van der Waals surface area contributed by atoms with E-state index in [4.69, 9.17) is 0 Å². The zero-order valence-electron chi connectivity index (χ0n) is 12.5. The molecule has 0 aliphatic carbocycles. The van der Waals surface area contributed by atoms with E-state index in [9.17, 15) is 9.90 Å². The molecule has 0 saturated heterocycles. The molecule has 0 aliphatic heterocycles. The van der Waals surface area contributed by atoms with Gasteiger partial charge in [-0.15, -0.1) is 0 Å². The van der Waals surface area contributed by atoms with E-state index in [2.05, 4.69) is 31.4 Å². The van der Waals surface area contributed by atoms with Crippen LogP contribution < -0.4 is 5.32 Å². The second-order valence-corrected chi connectivity index (χ2v) is 6.32. The quantitative estimate of drug-likeness (QED) is 0.657. The molecule has 5 nitrogen and oxygen atoms in total. The number of aliphatic hydroxyl groups excluding tert-OH is 1. The predicted molar refractivity (Wildman–Crippen MR) is 92.3 cm³/mol. The Morgan fingerprint density at radius 2 is 2.09 bits per heavy atom. The minimum Gasteiger partial charge on any atom is -0.394 e. The second-order valence-electron chi connectivity index (χ2n) is 5.41. The molecule has 1 amide bonds. The lowest BCUT2D eigenvalue weighted by atomic mass is 10.0. The third-order valence-electron chi connectivity index (χ3n) is 3.70. The first-order valence-corrected chi connectivity index (χ1v) is 7.98. The van der Waals surface area contributed by atoms with Gasteiger partial charge in [0.15, 0.2) is 0 Å². The van der Waals surface area contributed by atoms with Crippen LogP contribution in [0.3, 0.4) is 0 Å². The lowest BCUT2D eigenvalue weighted by molar-refractivity contribution is 0.0917. The highest BCUT2D eigenvalue weighted by atomic mass is 79.9. The fraction of sp³-hybridized carbons (Fsp3) is 0.176. The molecule has 1 heterocycles. The molecule has 1 aromatic heterocycles. The highest BCUT2D eigenvalue weighted by Crippen LogP contribution is 2.21. The third-order valence-corrected chi connectivity index (χ3v) is 4.23. The number of aryl methyl sites for hydroxylation is 1. The number of nitrogens with one attached hydrogen (secondary N) is 2. The van der Waals surface area contributed by atoms with Crippen molar-refractivity contribution in [1.29, 1.82) is 0 Å². The van der Waals surface area contributed by atoms with Gasteiger partial charge in [0.1, 0.15) is 0 Å². The van der Waals surface area contributed by atoms with E-state index in [0.29, 0.717) is 11.1 Å². The maximum Gasteiger partial charge on any atom is 0.254 e. The molecule has 0 aliphatic rings. The Morgan fingerprint density at radius 3 is 2.78 bits per heavy atom. The molecule has 23 heavy (non-hydrogen) atoms. The Hall–Kier alpha value is -2.18. The van der Waals surface area contributed by atoms with Gasteiger partial charge in [0.2, 0.25) is 0 Å². The first-order valence-electron chi connectivity index (χ1n) is 7.19. The fourth-order valence-electron chi connectivity index (χ4n) is 2.55. The molecule has 0 bridgehead atoms. The monoisotopic (exact) mass is 373 g/mol. The zero-order valence-corrected chi connectivity index (χ0v) is 14.1. The number of aromatic amines is 1. The molecule has 6 heteroatoms. The molecule has 0 fully saturated rings. The van der Waals surface area contributed by atoms with Gasteiger partial charge in [-0.3, -0.25) is 9.89 Å². The van der Waals surface area contributed by atoms with Crippen LogP contribution >= 0.6 is 15.9 Å². The van der Waals surface area contributed by atoms with Gasteiger partial charge < -0.3 is 10.4 Å². The summed E-state index contributed by atoms with van der Waals surface area (Å²) in [6, 6.07) is 10.8. The summed E-state index contributed by atoms with van der Waals surface area (Å²) < 4.78 is 0.946. The van der Waals surface area contributed by atoms with Gasteiger partial charge in [0.05, 0.1) is 29.9 Å².